The van der Waals surface area contributed by atoms with Crippen molar-refractivity contribution >= 4 is 27.3 Å². The lowest BCUT2D eigenvalue weighted by Crippen LogP contribution is -2.43. The summed E-state index contributed by atoms with van der Waals surface area (Å²) < 4.78 is 40.3. The third-order valence-electron chi connectivity index (χ3n) is 4.75. The highest BCUT2D eigenvalue weighted by Gasteiger charge is 2.24. The zero-order chi connectivity index (χ0) is 20.1. The Balaban J connectivity index is 1.65. The number of rotatable bonds is 7. The first-order chi connectivity index (χ1) is 13.4. The summed E-state index contributed by atoms with van der Waals surface area (Å²) in [5, 5.41) is 2.75. The van der Waals surface area contributed by atoms with Crippen LogP contribution in [0.1, 0.15) is 26.2 Å². The number of hydrogen-bond donors (Lipinski definition) is 2. The van der Waals surface area contributed by atoms with Crippen LogP contribution < -0.4 is 14.9 Å². The largest absolute Gasteiger partial charge is 0.372 e. The fourth-order valence-electron chi connectivity index (χ4n) is 3.15. The van der Waals surface area contributed by atoms with Gasteiger partial charge in [0, 0.05) is 24.5 Å². The van der Waals surface area contributed by atoms with Crippen LogP contribution in [0.25, 0.3) is 0 Å². The maximum absolute atomic E-state index is 13.0. The molecule has 0 aromatic heterocycles. The minimum atomic E-state index is -3.93. The molecule has 0 radical (unpaired) electrons. The number of halogens is 1. The Hall–Kier alpha value is -2.45. The van der Waals surface area contributed by atoms with E-state index in [4.69, 9.17) is 0 Å². The number of carbonyl (C=O) groups excluding carboxylic acids is 1. The summed E-state index contributed by atoms with van der Waals surface area (Å²) in [5.41, 5.74) is 1.71. The van der Waals surface area contributed by atoms with Gasteiger partial charge in [-0.1, -0.05) is 6.92 Å². The number of anilines is 2. The standard InChI is InChI=1S/C20H24FN3O3S/c1-2-19(23-28(26,27)18-11-5-15(21)6-12-18)20(25)22-16-7-9-17(10-8-16)24-13-3-4-14-24/h5-12,19,23H,2-4,13-14H2,1H3,(H,22,25). The highest BCUT2D eigenvalue weighted by molar-refractivity contribution is 7.89. The first kappa shape index (κ1) is 20.3. The molecule has 0 saturated carbocycles. The smallest absolute Gasteiger partial charge is 0.242 e. The first-order valence-corrected chi connectivity index (χ1v) is 10.8. The molecule has 1 amide bonds. The van der Waals surface area contributed by atoms with E-state index >= 15 is 0 Å². The molecule has 0 bridgehead atoms. The number of sulfonamides is 1. The van der Waals surface area contributed by atoms with E-state index in [1.165, 1.54) is 25.0 Å². The zero-order valence-electron chi connectivity index (χ0n) is 15.7. The highest BCUT2D eigenvalue weighted by atomic mass is 32.2. The van der Waals surface area contributed by atoms with Gasteiger partial charge in [-0.25, -0.2) is 12.8 Å². The third-order valence-corrected chi connectivity index (χ3v) is 6.24. The molecule has 2 aromatic rings. The van der Waals surface area contributed by atoms with Crippen LogP contribution in [0, 0.1) is 5.82 Å². The van der Waals surface area contributed by atoms with Crippen LogP contribution >= 0.6 is 0 Å². The lowest BCUT2D eigenvalue weighted by Gasteiger charge is -2.19. The number of nitrogens with one attached hydrogen (secondary N) is 2. The molecular formula is C20H24FN3O3S. The fourth-order valence-corrected chi connectivity index (χ4v) is 4.43. The molecule has 1 heterocycles. The van der Waals surface area contributed by atoms with Crippen LogP contribution in [0.3, 0.4) is 0 Å². The summed E-state index contributed by atoms with van der Waals surface area (Å²) in [6, 6.07) is 11.1. The summed E-state index contributed by atoms with van der Waals surface area (Å²) in [5.74, 6) is -0.969. The number of nitrogens with zero attached hydrogens (tertiary/aromatic N) is 1. The van der Waals surface area contributed by atoms with Gasteiger partial charge in [0.15, 0.2) is 0 Å². The maximum atomic E-state index is 13.0. The van der Waals surface area contributed by atoms with E-state index in [1.807, 2.05) is 24.3 Å². The van der Waals surface area contributed by atoms with Crippen molar-refractivity contribution in [2.24, 2.45) is 0 Å². The number of carbonyl (C=O) groups is 1. The highest BCUT2D eigenvalue weighted by Crippen LogP contribution is 2.22. The average Bonchev–Trinajstić information content (AvgIpc) is 3.22. The molecule has 1 fully saturated rings. The van der Waals surface area contributed by atoms with Gasteiger partial charge in [-0.15, -0.1) is 0 Å². The van der Waals surface area contributed by atoms with Gasteiger partial charge < -0.3 is 10.2 Å². The normalized spacial score (nSPS) is 15.4. The number of hydrogen-bond acceptors (Lipinski definition) is 4. The molecule has 2 aromatic carbocycles. The van der Waals surface area contributed by atoms with Crippen molar-refractivity contribution in [2.75, 3.05) is 23.3 Å². The molecule has 0 aliphatic carbocycles. The van der Waals surface area contributed by atoms with Crippen molar-refractivity contribution in [1.82, 2.24) is 4.72 Å². The fraction of sp³-hybridized carbons (Fsp3) is 0.350. The molecule has 28 heavy (non-hydrogen) atoms. The number of amides is 1. The van der Waals surface area contributed by atoms with Crippen molar-refractivity contribution in [2.45, 2.75) is 37.1 Å². The van der Waals surface area contributed by atoms with E-state index in [1.54, 1.807) is 6.92 Å². The molecule has 1 unspecified atom stereocenters. The van der Waals surface area contributed by atoms with Gasteiger partial charge >= 0.3 is 0 Å². The Morgan fingerprint density at radius 1 is 1.07 bits per heavy atom. The minimum absolute atomic E-state index is 0.0879. The maximum Gasteiger partial charge on any atom is 0.242 e. The summed E-state index contributed by atoms with van der Waals surface area (Å²) in [6.45, 7) is 3.79. The van der Waals surface area contributed by atoms with E-state index in [0.717, 1.165) is 30.9 Å². The second-order valence-electron chi connectivity index (χ2n) is 6.77. The third kappa shape index (κ3) is 4.88. The van der Waals surface area contributed by atoms with Crippen LogP contribution in [-0.4, -0.2) is 33.5 Å². The van der Waals surface area contributed by atoms with E-state index in [9.17, 15) is 17.6 Å². The van der Waals surface area contributed by atoms with Crippen molar-refractivity contribution in [3.63, 3.8) is 0 Å². The first-order valence-electron chi connectivity index (χ1n) is 9.33. The molecular weight excluding hydrogens is 381 g/mol. The molecule has 6 nitrogen and oxygen atoms in total. The monoisotopic (exact) mass is 405 g/mol. The van der Waals surface area contributed by atoms with E-state index < -0.39 is 27.8 Å². The molecule has 150 valence electrons. The zero-order valence-corrected chi connectivity index (χ0v) is 16.5. The predicted octanol–water partition coefficient (Wildman–Crippen LogP) is 3.12. The van der Waals surface area contributed by atoms with Crippen molar-refractivity contribution in [3.8, 4) is 0 Å². The van der Waals surface area contributed by atoms with Crippen LogP contribution in [0.15, 0.2) is 53.4 Å². The van der Waals surface area contributed by atoms with Crippen molar-refractivity contribution in [3.05, 3.63) is 54.3 Å². The molecule has 1 aliphatic rings. The van der Waals surface area contributed by atoms with Crippen molar-refractivity contribution in [1.29, 1.82) is 0 Å². The van der Waals surface area contributed by atoms with Gasteiger partial charge in [-0.05, 0) is 67.8 Å². The second kappa shape index (κ2) is 8.70. The Labute approximate surface area is 164 Å². The topological polar surface area (TPSA) is 78.5 Å². The molecule has 8 heteroatoms. The molecule has 1 aliphatic heterocycles. The summed E-state index contributed by atoms with van der Waals surface area (Å²) in [7, 11) is -3.93. The van der Waals surface area contributed by atoms with Gasteiger partial charge in [0.05, 0.1) is 4.90 Å². The summed E-state index contributed by atoms with van der Waals surface area (Å²) in [4.78, 5) is 14.7. The summed E-state index contributed by atoms with van der Waals surface area (Å²) in [6.07, 6.45) is 2.65. The quantitative estimate of drug-likeness (QED) is 0.742. The van der Waals surface area contributed by atoms with E-state index in [0.29, 0.717) is 5.69 Å². The Morgan fingerprint density at radius 3 is 2.25 bits per heavy atom. The van der Waals surface area contributed by atoms with Crippen molar-refractivity contribution < 1.29 is 17.6 Å². The van der Waals surface area contributed by atoms with E-state index in [2.05, 4.69) is 14.9 Å². The molecule has 0 spiro atoms. The molecule has 1 atom stereocenters. The predicted molar refractivity (Wildman–Crippen MR) is 107 cm³/mol. The molecule has 2 N–H and O–H groups in total. The summed E-state index contributed by atoms with van der Waals surface area (Å²) >= 11 is 0. The van der Waals surface area contributed by atoms with Crippen LogP contribution in [0.5, 0.6) is 0 Å². The SMILES string of the molecule is CCC(NS(=O)(=O)c1ccc(F)cc1)C(=O)Nc1ccc(N2CCCC2)cc1. The second-order valence-corrected chi connectivity index (χ2v) is 8.48. The van der Waals surface area contributed by atoms with Crippen LogP contribution in [0.2, 0.25) is 0 Å². The van der Waals surface area contributed by atoms with Crippen LogP contribution in [0.4, 0.5) is 15.8 Å². The minimum Gasteiger partial charge on any atom is -0.372 e. The lowest BCUT2D eigenvalue weighted by molar-refractivity contribution is -0.117. The van der Waals surface area contributed by atoms with Gasteiger partial charge in [-0.3, -0.25) is 4.79 Å². The lowest BCUT2D eigenvalue weighted by atomic mass is 10.2. The Bertz CT molecular complexity index is 909. The number of benzene rings is 2. The van der Waals surface area contributed by atoms with Crippen LogP contribution in [-0.2, 0) is 14.8 Å². The van der Waals surface area contributed by atoms with Gasteiger partial charge in [0.1, 0.15) is 11.9 Å². The molecule has 1 saturated heterocycles. The van der Waals surface area contributed by atoms with E-state index in [-0.39, 0.29) is 11.3 Å². The van der Waals surface area contributed by atoms with Gasteiger partial charge in [0.25, 0.3) is 0 Å². The van der Waals surface area contributed by atoms with Gasteiger partial charge in [0.2, 0.25) is 15.9 Å². The molecule has 3 rings (SSSR count). The Kier molecular flexibility index (Phi) is 6.31. The average molecular weight is 405 g/mol. The van der Waals surface area contributed by atoms with Gasteiger partial charge in [-0.2, -0.15) is 4.72 Å². The Morgan fingerprint density at radius 2 is 1.68 bits per heavy atom.